The van der Waals surface area contributed by atoms with Crippen molar-refractivity contribution in [2.24, 2.45) is 17.6 Å². The van der Waals surface area contributed by atoms with Crippen molar-refractivity contribution in [2.75, 3.05) is 37.4 Å². The van der Waals surface area contributed by atoms with Crippen LogP contribution in [0.5, 0.6) is 11.5 Å². The van der Waals surface area contributed by atoms with Crippen LogP contribution in [-0.4, -0.2) is 84.5 Å². The summed E-state index contributed by atoms with van der Waals surface area (Å²) < 4.78 is 30.5. The molecule has 1 heterocycles. The SMILES string of the molecule is COc1cc2ncnc(Nc3ccc(F)c(Cl)c3)c2cc1OCCCNC(=O)OCc1ccc(NC(=O)C(CCCNC(N)=O)NC(=O)[C@@H](NC(=O)CCC(=O)C(C)C)C(C)C)cc1. The van der Waals surface area contributed by atoms with Crippen LogP contribution in [0.1, 0.15) is 65.4 Å². The van der Waals surface area contributed by atoms with E-state index in [1.807, 2.05) is 0 Å². The highest BCUT2D eigenvalue weighted by molar-refractivity contribution is 6.31. The van der Waals surface area contributed by atoms with Gasteiger partial charge < -0.3 is 51.8 Å². The van der Waals surface area contributed by atoms with E-state index in [1.165, 1.54) is 31.6 Å². The van der Waals surface area contributed by atoms with Gasteiger partial charge in [-0.2, -0.15) is 0 Å². The van der Waals surface area contributed by atoms with Crippen LogP contribution in [0.25, 0.3) is 10.9 Å². The van der Waals surface area contributed by atoms with Crippen LogP contribution in [0.4, 0.5) is 31.2 Å². The number of ketones is 1. The quantitative estimate of drug-likeness (QED) is 0.0407. The fourth-order valence-electron chi connectivity index (χ4n) is 6.06. The molecule has 6 amide bonds. The number of halogens is 2. The Morgan fingerprint density at radius 1 is 0.828 bits per heavy atom. The number of anilines is 3. The molecule has 0 spiro atoms. The molecule has 0 aliphatic heterocycles. The van der Waals surface area contributed by atoms with E-state index in [1.54, 1.807) is 64.1 Å². The number of methoxy groups -OCH3 is 1. The second kappa shape index (κ2) is 24.8. The summed E-state index contributed by atoms with van der Waals surface area (Å²) in [5.41, 5.74) is 7.30. The molecule has 0 saturated carbocycles. The van der Waals surface area contributed by atoms with E-state index in [-0.39, 0.29) is 68.2 Å². The van der Waals surface area contributed by atoms with Crippen LogP contribution in [0, 0.1) is 17.7 Å². The van der Waals surface area contributed by atoms with E-state index in [0.717, 1.165) is 0 Å². The van der Waals surface area contributed by atoms with E-state index in [2.05, 4.69) is 41.9 Å². The maximum Gasteiger partial charge on any atom is 0.407 e. The third-order valence-electron chi connectivity index (χ3n) is 9.65. The fourth-order valence-corrected chi connectivity index (χ4v) is 6.24. The lowest BCUT2D eigenvalue weighted by atomic mass is 10.0. The van der Waals surface area contributed by atoms with Crippen LogP contribution in [0.2, 0.25) is 5.02 Å². The monoisotopic (exact) mass is 907 g/mol. The number of Topliss-reactive ketones (excluding diaryl/α,β-unsaturated/α-hetero) is 1. The molecule has 64 heavy (non-hydrogen) atoms. The zero-order valence-electron chi connectivity index (χ0n) is 36.3. The number of aromatic nitrogens is 2. The van der Waals surface area contributed by atoms with Gasteiger partial charge in [-0.25, -0.2) is 23.9 Å². The van der Waals surface area contributed by atoms with Crippen LogP contribution in [-0.2, 0) is 30.5 Å². The number of nitrogens with one attached hydrogen (secondary N) is 6. The van der Waals surface area contributed by atoms with Crippen molar-refractivity contribution >= 4 is 75.3 Å². The summed E-state index contributed by atoms with van der Waals surface area (Å²) in [5, 5.41) is 17.0. The molecular formula is C44H55ClFN9O9. The number of nitrogens with two attached hydrogens (primary N) is 1. The third kappa shape index (κ3) is 15.9. The minimum absolute atomic E-state index is 0.0403. The van der Waals surface area contributed by atoms with Crippen LogP contribution in [0.15, 0.2) is 60.9 Å². The smallest absolute Gasteiger partial charge is 0.407 e. The van der Waals surface area contributed by atoms with Gasteiger partial charge >= 0.3 is 12.1 Å². The zero-order chi connectivity index (χ0) is 46.8. The summed E-state index contributed by atoms with van der Waals surface area (Å²) in [6.07, 6.45) is 1.56. The second-order valence-electron chi connectivity index (χ2n) is 15.3. The molecule has 1 unspecified atom stereocenters. The maximum atomic E-state index is 13.7. The Kier molecular flexibility index (Phi) is 19.3. The number of amides is 6. The largest absolute Gasteiger partial charge is 0.493 e. The van der Waals surface area contributed by atoms with Crippen molar-refractivity contribution in [1.29, 1.82) is 0 Å². The molecule has 0 bridgehead atoms. The third-order valence-corrected chi connectivity index (χ3v) is 9.94. The van der Waals surface area contributed by atoms with Gasteiger partial charge in [-0.3, -0.25) is 19.2 Å². The number of rotatable bonds is 24. The van der Waals surface area contributed by atoms with Crippen LogP contribution < -0.4 is 47.1 Å². The van der Waals surface area contributed by atoms with Crippen molar-refractivity contribution in [3.8, 4) is 11.5 Å². The van der Waals surface area contributed by atoms with Gasteiger partial charge in [0, 0.05) is 54.7 Å². The van der Waals surface area contributed by atoms with E-state index in [4.69, 9.17) is 31.5 Å². The number of benzene rings is 3. The van der Waals surface area contributed by atoms with Crippen molar-refractivity contribution in [3.05, 3.63) is 77.3 Å². The summed E-state index contributed by atoms with van der Waals surface area (Å²) in [4.78, 5) is 83.8. The first-order valence-electron chi connectivity index (χ1n) is 20.7. The number of alkyl carbamates (subject to hydrolysis) is 1. The van der Waals surface area contributed by atoms with Crippen molar-refractivity contribution in [3.63, 3.8) is 0 Å². The van der Waals surface area contributed by atoms with Gasteiger partial charge in [0.15, 0.2) is 11.5 Å². The van der Waals surface area contributed by atoms with Gasteiger partial charge in [0.1, 0.15) is 42.4 Å². The zero-order valence-corrected chi connectivity index (χ0v) is 37.1. The lowest BCUT2D eigenvalue weighted by Crippen LogP contribution is -2.54. The van der Waals surface area contributed by atoms with Gasteiger partial charge in [-0.1, -0.05) is 51.4 Å². The minimum atomic E-state index is -1.05. The summed E-state index contributed by atoms with van der Waals surface area (Å²) in [5.74, 6) is -1.46. The van der Waals surface area contributed by atoms with Crippen molar-refractivity contribution in [1.82, 2.24) is 31.2 Å². The van der Waals surface area contributed by atoms with Crippen LogP contribution in [0.3, 0.4) is 0 Å². The Morgan fingerprint density at radius 3 is 2.22 bits per heavy atom. The Balaban J connectivity index is 1.25. The number of carbonyl (C=O) groups is 6. The number of carbonyl (C=O) groups excluding carboxylic acids is 6. The molecule has 4 rings (SSSR count). The summed E-state index contributed by atoms with van der Waals surface area (Å²) >= 11 is 5.94. The molecule has 20 heteroatoms. The molecule has 344 valence electrons. The molecule has 0 aliphatic rings. The minimum Gasteiger partial charge on any atom is -0.493 e. The first kappa shape index (κ1) is 49.9. The normalized spacial score (nSPS) is 11.9. The van der Waals surface area contributed by atoms with Crippen LogP contribution >= 0.6 is 11.6 Å². The average molecular weight is 908 g/mol. The Bertz CT molecular complexity index is 2260. The standard InChI is InChI=1S/C44H55ClFN9O9/c1-25(2)35(56)15-16-38(57)55-39(26(3)4)42(59)54-33(8-6-17-48-43(47)60)41(58)53-28-11-9-27(10-12-28)23-64-44(61)49-18-7-19-63-37-21-30-34(22-36(37)62-5)50-24-51-40(30)52-29-13-14-32(46)31(45)20-29/h9-14,20-22,24-26,33,39H,6-8,15-19,23H2,1-5H3,(H,49,61)(H,53,58)(H,54,59)(H,55,57)(H3,47,48,60)(H,50,51,52)/t33?,39-/m0/s1. The first-order valence-corrected chi connectivity index (χ1v) is 21.1. The van der Waals surface area contributed by atoms with Gasteiger partial charge in [-0.15, -0.1) is 0 Å². The Labute approximate surface area is 375 Å². The van der Waals surface area contributed by atoms with Crippen molar-refractivity contribution < 1.29 is 47.4 Å². The molecule has 4 aromatic rings. The highest BCUT2D eigenvalue weighted by atomic mass is 35.5. The molecule has 18 nitrogen and oxygen atoms in total. The molecular weight excluding hydrogens is 853 g/mol. The number of nitrogens with zero attached hydrogens (tertiary/aromatic N) is 2. The predicted octanol–water partition coefficient (Wildman–Crippen LogP) is 5.89. The number of fused-ring (bicyclic) bond motifs is 1. The van der Waals surface area contributed by atoms with Gasteiger partial charge in [0.05, 0.1) is 24.3 Å². The van der Waals surface area contributed by atoms with Gasteiger partial charge in [0.25, 0.3) is 0 Å². The maximum absolute atomic E-state index is 13.7. The molecule has 2 atom stereocenters. The average Bonchev–Trinajstić information content (AvgIpc) is 3.26. The number of urea groups is 1. The Morgan fingerprint density at radius 2 is 1.55 bits per heavy atom. The Hall–Kier alpha value is -6.76. The highest BCUT2D eigenvalue weighted by Crippen LogP contribution is 2.35. The second-order valence-corrected chi connectivity index (χ2v) is 15.7. The number of ether oxygens (including phenoxy) is 3. The van der Waals surface area contributed by atoms with E-state index in [9.17, 15) is 33.2 Å². The van der Waals surface area contributed by atoms with E-state index in [0.29, 0.717) is 58.0 Å². The topological polar surface area (TPSA) is 254 Å². The predicted molar refractivity (Wildman–Crippen MR) is 239 cm³/mol. The number of hydrogen-bond acceptors (Lipinski definition) is 12. The first-order chi connectivity index (χ1) is 30.5. The highest BCUT2D eigenvalue weighted by Gasteiger charge is 2.29. The molecule has 0 fully saturated rings. The fraction of sp³-hybridized carbons (Fsp3) is 0.409. The molecule has 0 saturated heterocycles. The van der Waals surface area contributed by atoms with Crippen molar-refractivity contribution in [2.45, 2.75) is 78.5 Å². The van der Waals surface area contributed by atoms with Gasteiger partial charge in [0.2, 0.25) is 17.7 Å². The molecule has 8 N–H and O–H groups in total. The number of hydrogen-bond donors (Lipinski definition) is 7. The molecule has 0 radical (unpaired) electrons. The number of primary amides is 1. The summed E-state index contributed by atoms with van der Waals surface area (Å²) in [7, 11) is 1.50. The van der Waals surface area contributed by atoms with E-state index >= 15 is 0 Å². The van der Waals surface area contributed by atoms with E-state index < -0.39 is 47.7 Å². The molecule has 0 aliphatic carbocycles. The van der Waals surface area contributed by atoms with Gasteiger partial charge in [-0.05, 0) is 67.1 Å². The molecule has 3 aromatic carbocycles. The molecule has 1 aromatic heterocycles. The summed E-state index contributed by atoms with van der Waals surface area (Å²) in [6.45, 7) is 7.53. The summed E-state index contributed by atoms with van der Waals surface area (Å²) in [6, 6.07) is 11.4. The lowest BCUT2D eigenvalue weighted by Gasteiger charge is -2.25. The lowest BCUT2D eigenvalue weighted by molar-refractivity contribution is -0.132.